The zero-order chi connectivity index (χ0) is 21.2. The Bertz CT molecular complexity index is 1050. The molecule has 0 radical (unpaired) electrons. The molecule has 7 heteroatoms. The molecule has 1 N–H and O–H groups in total. The van der Waals surface area contributed by atoms with Gasteiger partial charge in [0.15, 0.2) is 5.78 Å². The molecule has 1 heterocycles. The minimum Gasteiger partial charge on any atom is -0.462 e. The monoisotopic (exact) mass is 401 g/mol. The molecule has 0 fully saturated rings. The molecule has 0 aliphatic rings. The van der Waals surface area contributed by atoms with Gasteiger partial charge in [0.2, 0.25) is 0 Å². The van der Waals surface area contributed by atoms with E-state index in [0.717, 1.165) is 12.1 Å². The number of halogens is 3. The lowest BCUT2D eigenvalue weighted by atomic mass is 9.95. The lowest BCUT2D eigenvalue weighted by Gasteiger charge is -2.11. The fraction of sp³-hybridized carbons (Fsp3) is 0.182. The fourth-order valence-electron chi connectivity index (χ4n) is 3.04. The van der Waals surface area contributed by atoms with Gasteiger partial charge in [-0.15, -0.1) is 0 Å². The highest BCUT2D eigenvalue weighted by Gasteiger charge is 2.30. The van der Waals surface area contributed by atoms with E-state index in [1.807, 2.05) is 0 Å². The van der Waals surface area contributed by atoms with E-state index in [4.69, 9.17) is 4.74 Å². The van der Waals surface area contributed by atoms with E-state index in [2.05, 4.69) is 4.98 Å². The van der Waals surface area contributed by atoms with Gasteiger partial charge in [-0.2, -0.15) is 13.2 Å². The lowest BCUT2D eigenvalue weighted by Crippen LogP contribution is -2.05. The maximum atomic E-state index is 12.9. The Labute approximate surface area is 165 Å². The average molecular weight is 401 g/mol. The van der Waals surface area contributed by atoms with Crippen molar-refractivity contribution in [2.24, 2.45) is 0 Å². The van der Waals surface area contributed by atoms with Gasteiger partial charge in [-0.1, -0.05) is 30.3 Å². The summed E-state index contributed by atoms with van der Waals surface area (Å²) >= 11 is 0. The smallest absolute Gasteiger partial charge is 0.416 e. The first-order valence-corrected chi connectivity index (χ1v) is 8.90. The topological polar surface area (TPSA) is 59.2 Å². The quantitative estimate of drug-likeness (QED) is 0.438. The van der Waals surface area contributed by atoms with Crippen molar-refractivity contribution < 1.29 is 27.5 Å². The summed E-state index contributed by atoms with van der Waals surface area (Å²) in [6, 6.07) is 11.3. The van der Waals surface area contributed by atoms with Crippen molar-refractivity contribution in [2.75, 3.05) is 6.61 Å². The maximum absolute atomic E-state index is 12.9. The van der Waals surface area contributed by atoms with Gasteiger partial charge in [0.05, 0.1) is 23.4 Å². The van der Waals surface area contributed by atoms with Gasteiger partial charge in [0, 0.05) is 17.3 Å². The van der Waals surface area contributed by atoms with Crippen LogP contribution >= 0.6 is 0 Å². The highest BCUT2D eigenvalue weighted by Crippen LogP contribution is 2.37. The number of carbonyl (C=O) groups excluding carboxylic acids is 2. The van der Waals surface area contributed by atoms with Crippen LogP contribution in [0.25, 0.3) is 22.4 Å². The summed E-state index contributed by atoms with van der Waals surface area (Å²) in [5.41, 5.74) is 1.90. The first-order valence-electron chi connectivity index (χ1n) is 8.90. The molecule has 0 saturated heterocycles. The predicted octanol–water partition coefficient (Wildman–Crippen LogP) is 5.75. The molecule has 150 valence electrons. The third-order valence-corrected chi connectivity index (χ3v) is 4.43. The Hall–Kier alpha value is -3.35. The number of aromatic amines is 1. The van der Waals surface area contributed by atoms with Gasteiger partial charge in [0.25, 0.3) is 0 Å². The van der Waals surface area contributed by atoms with Crippen LogP contribution in [0.15, 0.2) is 54.7 Å². The number of Topliss-reactive ketones (excluding diaryl/α,β-unsaturated/α-hetero) is 1. The third-order valence-electron chi connectivity index (χ3n) is 4.43. The zero-order valence-corrected chi connectivity index (χ0v) is 15.8. The first kappa shape index (κ1) is 20.4. The van der Waals surface area contributed by atoms with E-state index in [1.54, 1.807) is 31.2 Å². The van der Waals surface area contributed by atoms with E-state index in [-0.39, 0.29) is 18.0 Å². The van der Waals surface area contributed by atoms with Gasteiger partial charge < -0.3 is 9.72 Å². The van der Waals surface area contributed by atoms with Gasteiger partial charge in [-0.25, -0.2) is 4.79 Å². The van der Waals surface area contributed by atoms with Crippen molar-refractivity contribution in [3.8, 4) is 22.4 Å². The van der Waals surface area contributed by atoms with Crippen LogP contribution in [0.2, 0.25) is 0 Å². The average Bonchev–Trinajstić information content (AvgIpc) is 3.13. The summed E-state index contributed by atoms with van der Waals surface area (Å²) in [5, 5.41) is 0. The van der Waals surface area contributed by atoms with E-state index in [0.29, 0.717) is 27.9 Å². The molecule has 0 amide bonds. The number of ketones is 1. The van der Waals surface area contributed by atoms with E-state index >= 15 is 0 Å². The summed E-state index contributed by atoms with van der Waals surface area (Å²) in [6.07, 6.45) is -2.98. The number of nitrogens with one attached hydrogen (secondary N) is 1. The highest BCUT2D eigenvalue weighted by molar-refractivity contribution is 6.03. The van der Waals surface area contributed by atoms with Gasteiger partial charge in [-0.3, -0.25) is 4.79 Å². The summed E-state index contributed by atoms with van der Waals surface area (Å²) in [6.45, 7) is 3.28. The normalized spacial score (nSPS) is 11.3. The second kappa shape index (κ2) is 7.95. The number of hydrogen-bond donors (Lipinski definition) is 1. The van der Waals surface area contributed by atoms with Crippen LogP contribution in [0.5, 0.6) is 0 Å². The van der Waals surface area contributed by atoms with Crippen LogP contribution in [-0.2, 0) is 10.9 Å². The molecular formula is C22H18F3NO3. The van der Waals surface area contributed by atoms with E-state index in [1.165, 1.54) is 25.3 Å². The summed E-state index contributed by atoms with van der Waals surface area (Å²) < 4.78 is 43.7. The zero-order valence-electron chi connectivity index (χ0n) is 15.8. The van der Waals surface area contributed by atoms with Gasteiger partial charge >= 0.3 is 12.1 Å². The largest absolute Gasteiger partial charge is 0.462 e. The predicted molar refractivity (Wildman–Crippen MR) is 103 cm³/mol. The maximum Gasteiger partial charge on any atom is 0.416 e. The standard InChI is InChI=1S/C22H18F3NO3/c1-3-29-21(28)18-12-26-20(14-7-9-17(10-8-14)22(23,24)25)19(18)16-6-4-5-15(11-16)13(2)27/h4-12,26H,3H2,1-2H3. The number of benzene rings is 2. The van der Waals surface area contributed by atoms with Gasteiger partial charge in [0.1, 0.15) is 0 Å². The number of hydrogen-bond acceptors (Lipinski definition) is 3. The molecule has 29 heavy (non-hydrogen) atoms. The van der Waals surface area contributed by atoms with Crippen molar-refractivity contribution in [3.05, 3.63) is 71.4 Å². The summed E-state index contributed by atoms with van der Waals surface area (Å²) in [5.74, 6) is -0.707. The van der Waals surface area contributed by atoms with Crippen molar-refractivity contribution >= 4 is 11.8 Å². The molecule has 0 atom stereocenters. The Morgan fingerprint density at radius 3 is 2.31 bits per heavy atom. The molecule has 0 spiro atoms. The molecule has 3 aromatic rings. The SMILES string of the molecule is CCOC(=O)c1c[nH]c(-c2ccc(C(F)(F)F)cc2)c1-c1cccc(C(C)=O)c1. The second-order valence-corrected chi connectivity index (χ2v) is 6.38. The number of ether oxygens (including phenoxy) is 1. The second-order valence-electron chi connectivity index (χ2n) is 6.38. The van der Waals surface area contributed by atoms with Crippen molar-refractivity contribution in [2.45, 2.75) is 20.0 Å². The van der Waals surface area contributed by atoms with Crippen LogP contribution in [0.3, 0.4) is 0 Å². The lowest BCUT2D eigenvalue weighted by molar-refractivity contribution is -0.137. The molecule has 0 saturated carbocycles. The first-order chi connectivity index (χ1) is 13.7. The molecular weight excluding hydrogens is 383 g/mol. The van der Waals surface area contributed by atoms with Crippen LogP contribution in [0, 0.1) is 0 Å². The van der Waals surface area contributed by atoms with Crippen LogP contribution in [-0.4, -0.2) is 23.3 Å². The Morgan fingerprint density at radius 1 is 1.03 bits per heavy atom. The summed E-state index contributed by atoms with van der Waals surface area (Å²) in [7, 11) is 0. The van der Waals surface area contributed by atoms with Crippen molar-refractivity contribution in [3.63, 3.8) is 0 Å². The minimum absolute atomic E-state index is 0.142. The Kier molecular flexibility index (Phi) is 5.59. The van der Waals surface area contributed by atoms with E-state index < -0.39 is 17.7 Å². The van der Waals surface area contributed by atoms with E-state index in [9.17, 15) is 22.8 Å². The van der Waals surface area contributed by atoms with Gasteiger partial charge in [-0.05, 0) is 43.2 Å². The Morgan fingerprint density at radius 2 is 1.72 bits per heavy atom. The molecule has 3 rings (SSSR count). The molecule has 0 aliphatic heterocycles. The molecule has 2 aromatic carbocycles. The molecule has 0 aliphatic carbocycles. The van der Waals surface area contributed by atoms with Crippen LogP contribution in [0.4, 0.5) is 13.2 Å². The highest BCUT2D eigenvalue weighted by atomic mass is 19.4. The third kappa shape index (κ3) is 4.23. The number of H-pyrrole nitrogens is 1. The van der Waals surface area contributed by atoms with Crippen LogP contribution < -0.4 is 0 Å². The Balaban J connectivity index is 2.17. The van der Waals surface area contributed by atoms with Crippen molar-refractivity contribution in [1.82, 2.24) is 4.98 Å². The molecule has 0 bridgehead atoms. The van der Waals surface area contributed by atoms with Crippen molar-refractivity contribution in [1.29, 1.82) is 0 Å². The number of esters is 1. The fourth-order valence-corrected chi connectivity index (χ4v) is 3.04. The minimum atomic E-state index is -4.44. The molecule has 1 aromatic heterocycles. The van der Waals surface area contributed by atoms with Crippen LogP contribution in [0.1, 0.15) is 40.1 Å². The number of alkyl halides is 3. The number of carbonyl (C=O) groups is 2. The molecule has 4 nitrogen and oxygen atoms in total. The number of rotatable bonds is 5. The molecule has 0 unspecified atom stereocenters. The number of aromatic nitrogens is 1. The summed E-state index contributed by atoms with van der Waals surface area (Å²) in [4.78, 5) is 27.2.